The maximum Gasteiger partial charge on any atom is 0.252 e. The van der Waals surface area contributed by atoms with Crippen molar-refractivity contribution in [1.82, 2.24) is 5.32 Å². The Kier molecular flexibility index (Phi) is 9.74. The number of aliphatic hydroxyl groups is 1. The predicted molar refractivity (Wildman–Crippen MR) is 162 cm³/mol. The molecule has 2 atom stereocenters. The zero-order valence-electron chi connectivity index (χ0n) is 23.7. The summed E-state index contributed by atoms with van der Waals surface area (Å²) in [5.74, 6) is 1.23. The summed E-state index contributed by atoms with van der Waals surface area (Å²) >= 11 is 0. The number of amides is 1. The largest absolute Gasteiger partial charge is 0.494 e. The number of ether oxygens (including phenoxy) is 2. The van der Waals surface area contributed by atoms with Crippen LogP contribution >= 0.6 is 0 Å². The second kappa shape index (κ2) is 14.0. The first-order valence-electron chi connectivity index (χ1n) is 14.7. The number of hydrogen-bond acceptors (Lipinski definition) is 6. The number of carbonyl (C=O) groups excluding carboxylic acids is 1. The number of carbonyl (C=O) groups is 1. The highest BCUT2D eigenvalue weighted by molar-refractivity contribution is 6.01. The molecule has 1 heterocycles. The minimum absolute atomic E-state index is 0.0632. The van der Waals surface area contributed by atoms with Gasteiger partial charge in [-0.05, 0) is 54.1 Å². The van der Waals surface area contributed by atoms with Gasteiger partial charge in [-0.3, -0.25) is 4.79 Å². The van der Waals surface area contributed by atoms with E-state index < -0.39 is 11.6 Å². The third-order valence-electron chi connectivity index (χ3n) is 7.99. The Labute approximate surface area is 246 Å². The highest BCUT2D eigenvalue weighted by Crippen LogP contribution is 2.45. The Balaban J connectivity index is 1.56. The van der Waals surface area contributed by atoms with E-state index in [0.29, 0.717) is 60.4 Å². The molecular weight excluding hydrogens is 530 g/mol. The zero-order chi connectivity index (χ0) is 29.2. The molecule has 0 unspecified atom stereocenters. The van der Waals surface area contributed by atoms with Gasteiger partial charge in [0.15, 0.2) is 11.6 Å². The van der Waals surface area contributed by atoms with Crippen LogP contribution in [0.3, 0.4) is 0 Å². The Bertz CT molecular complexity index is 1420. The summed E-state index contributed by atoms with van der Waals surface area (Å²) in [5, 5.41) is 16.2. The van der Waals surface area contributed by atoms with Crippen molar-refractivity contribution in [2.75, 3.05) is 19.8 Å². The molecule has 1 amide bonds. The first kappa shape index (κ1) is 29.2. The van der Waals surface area contributed by atoms with Gasteiger partial charge >= 0.3 is 0 Å². The second-order valence-corrected chi connectivity index (χ2v) is 10.9. The van der Waals surface area contributed by atoms with Crippen molar-refractivity contribution in [3.8, 4) is 5.75 Å². The van der Waals surface area contributed by atoms with Gasteiger partial charge in [0.25, 0.3) is 5.91 Å². The van der Waals surface area contributed by atoms with Crippen molar-refractivity contribution in [2.45, 2.75) is 56.6 Å². The van der Waals surface area contributed by atoms with Gasteiger partial charge in [0.05, 0.1) is 6.61 Å². The van der Waals surface area contributed by atoms with Crippen molar-refractivity contribution in [3.63, 3.8) is 0 Å². The second-order valence-electron chi connectivity index (χ2n) is 10.9. The van der Waals surface area contributed by atoms with Crippen LogP contribution in [0, 0.1) is 5.92 Å². The van der Waals surface area contributed by atoms with E-state index in [1.807, 2.05) is 66.7 Å². The summed E-state index contributed by atoms with van der Waals surface area (Å²) in [6, 6.07) is 24.3. The van der Waals surface area contributed by atoms with Gasteiger partial charge in [0.1, 0.15) is 5.75 Å². The molecule has 1 aliphatic carbocycles. The lowest BCUT2D eigenvalue weighted by Crippen LogP contribution is -2.51. The Morgan fingerprint density at radius 3 is 2.52 bits per heavy atom. The number of nitrogens with one attached hydrogen (secondary N) is 1. The average Bonchev–Trinajstić information content (AvgIpc) is 3.42. The van der Waals surface area contributed by atoms with E-state index in [-0.39, 0.29) is 12.5 Å². The van der Waals surface area contributed by atoms with Gasteiger partial charge < -0.3 is 19.9 Å². The number of benzene rings is 3. The molecule has 218 valence electrons. The monoisotopic (exact) mass is 567 g/mol. The van der Waals surface area contributed by atoms with Crippen LogP contribution < -0.4 is 10.1 Å². The molecule has 0 bridgehead atoms. The summed E-state index contributed by atoms with van der Waals surface area (Å²) in [4.78, 5) is 22.5. The van der Waals surface area contributed by atoms with Crippen molar-refractivity contribution in [2.24, 2.45) is 16.0 Å². The minimum Gasteiger partial charge on any atom is -0.494 e. The van der Waals surface area contributed by atoms with Crippen LogP contribution in [0.1, 0.15) is 61.3 Å². The van der Waals surface area contributed by atoms with Gasteiger partial charge in [-0.2, -0.15) is 0 Å². The quantitative estimate of drug-likeness (QED) is 0.111. The van der Waals surface area contributed by atoms with E-state index >= 15 is 0 Å². The number of hydrogen-bond donors (Lipinski definition) is 2. The molecule has 0 saturated heterocycles. The molecule has 2 N–H and O–H groups in total. The first-order valence-corrected chi connectivity index (χ1v) is 14.7. The van der Waals surface area contributed by atoms with Crippen LogP contribution in [0.25, 0.3) is 10.4 Å². The molecular formula is C33H37N5O4. The zero-order valence-corrected chi connectivity index (χ0v) is 23.7. The SMILES string of the molecule is [N-]=[N+]=Nc1ccccc1[C@H]1OC(c2ccc(OCCCO)cc2)=N[C@@]1(Cc1ccccc1)C(=O)NCC1CCCCC1. The minimum atomic E-state index is -1.34. The molecule has 3 aromatic carbocycles. The van der Waals surface area contributed by atoms with Gasteiger partial charge in [0.2, 0.25) is 5.90 Å². The smallest absolute Gasteiger partial charge is 0.252 e. The molecule has 0 radical (unpaired) electrons. The molecule has 1 saturated carbocycles. The number of aliphatic hydroxyl groups excluding tert-OH is 1. The summed E-state index contributed by atoms with van der Waals surface area (Å²) in [6.07, 6.45) is 5.83. The van der Waals surface area contributed by atoms with Crippen LogP contribution in [0.15, 0.2) is 89.0 Å². The van der Waals surface area contributed by atoms with Gasteiger partial charge in [-0.1, -0.05) is 79.0 Å². The fraction of sp³-hybridized carbons (Fsp3) is 0.394. The van der Waals surface area contributed by atoms with Crippen LogP contribution in [-0.2, 0) is 16.0 Å². The number of aliphatic imine (C=N–C) groups is 1. The summed E-state index contributed by atoms with van der Waals surface area (Å²) < 4.78 is 12.3. The van der Waals surface area contributed by atoms with Crippen LogP contribution in [0.5, 0.6) is 5.75 Å². The van der Waals surface area contributed by atoms with Crippen LogP contribution in [-0.4, -0.2) is 42.2 Å². The normalized spacial score (nSPS) is 20.2. The van der Waals surface area contributed by atoms with E-state index in [1.54, 1.807) is 12.1 Å². The Morgan fingerprint density at radius 2 is 1.79 bits per heavy atom. The molecule has 1 aliphatic heterocycles. The Hall–Kier alpha value is -4.33. The molecule has 1 fully saturated rings. The van der Waals surface area contributed by atoms with Crippen LogP contribution in [0.4, 0.5) is 5.69 Å². The third-order valence-corrected chi connectivity index (χ3v) is 7.99. The summed E-state index contributed by atoms with van der Waals surface area (Å²) in [6.45, 7) is 1.06. The van der Waals surface area contributed by atoms with Crippen LogP contribution in [0.2, 0.25) is 0 Å². The number of nitrogens with zero attached hydrogens (tertiary/aromatic N) is 4. The lowest BCUT2D eigenvalue weighted by molar-refractivity contribution is -0.129. The molecule has 2 aliphatic rings. The lowest BCUT2D eigenvalue weighted by atomic mass is 9.81. The van der Waals surface area contributed by atoms with E-state index in [2.05, 4.69) is 15.3 Å². The van der Waals surface area contributed by atoms with Gasteiger partial charge in [-0.15, -0.1) is 0 Å². The fourth-order valence-electron chi connectivity index (χ4n) is 5.80. The maximum absolute atomic E-state index is 14.4. The molecule has 0 spiro atoms. The predicted octanol–water partition coefficient (Wildman–Crippen LogP) is 6.59. The fourth-order valence-corrected chi connectivity index (χ4v) is 5.80. The highest BCUT2D eigenvalue weighted by atomic mass is 16.5. The number of rotatable bonds is 12. The van der Waals surface area contributed by atoms with Crippen molar-refractivity contribution in [1.29, 1.82) is 0 Å². The molecule has 5 rings (SSSR count). The topological polar surface area (TPSA) is 129 Å². The molecule has 42 heavy (non-hydrogen) atoms. The third kappa shape index (κ3) is 6.75. The molecule has 3 aromatic rings. The number of azide groups is 1. The average molecular weight is 568 g/mol. The standard InChI is InChI=1S/C33H37N5O4/c34-38-37-29-15-8-7-14-28(29)30-33(22-24-10-3-1-4-11-24,32(40)35-23-25-12-5-2-6-13-25)36-31(42-30)26-16-18-27(19-17-26)41-21-9-20-39/h1,3-4,7-8,10-11,14-19,25,30,39H,2,5-6,9,12-13,20-23H2,(H,35,40)/t30-,33-/m1/s1. The van der Waals surface area contributed by atoms with E-state index in [9.17, 15) is 10.3 Å². The maximum atomic E-state index is 14.4. The molecule has 9 nitrogen and oxygen atoms in total. The lowest BCUT2D eigenvalue weighted by Gasteiger charge is -2.32. The van der Waals surface area contributed by atoms with E-state index in [0.717, 1.165) is 18.4 Å². The van der Waals surface area contributed by atoms with Crippen molar-refractivity contribution < 1.29 is 19.4 Å². The highest BCUT2D eigenvalue weighted by Gasteiger charge is 2.53. The van der Waals surface area contributed by atoms with Gasteiger partial charge in [0, 0.05) is 47.7 Å². The van der Waals surface area contributed by atoms with Crippen molar-refractivity contribution >= 4 is 17.5 Å². The molecule has 0 aromatic heterocycles. The first-order chi connectivity index (χ1) is 20.6. The van der Waals surface area contributed by atoms with E-state index in [1.165, 1.54) is 19.3 Å². The van der Waals surface area contributed by atoms with Crippen molar-refractivity contribution in [3.05, 3.63) is 106 Å². The van der Waals surface area contributed by atoms with E-state index in [4.69, 9.17) is 19.6 Å². The summed E-state index contributed by atoms with van der Waals surface area (Å²) in [5.41, 5.74) is 10.6. The summed E-state index contributed by atoms with van der Waals surface area (Å²) in [7, 11) is 0. The molecule has 9 heteroatoms. The van der Waals surface area contributed by atoms with Gasteiger partial charge in [-0.25, -0.2) is 4.99 Å². The Morgan fingerprint density at radius 1 is 1.05 bits per heavy atom.